The Balaban J connectivity index is 2.15. The fourth-order valence-corrected chi connectivity index (χ4v) is 4.17. The first-order valence-electron chi connectivity index (χ1n) is 5.15. The SMILES string of the molecule is CC1C(=O)C2C3CCC2C1(C#N)C3. The van der Waals surface area contributed by atoms with E-state index in [1.54, 1.807) is 0 Å². The third-order valence-corrected chi connectivity index (χ3v) is 4.79. The van der Waals surface area contributed by atoms with Gasteiger partial charge in [-0.3, -0.25) is 4.79 Å². The lowest BCUT2D eigenvalue weighted by Gasteiger charge is -2.33. The zero-order valence-electron chi connectivity index (χ0n) is 7.79. The summed E-state index contributed by atoms with van der Waals surface area (Å²) in [6, 6.07) is 2.46. The molecule has 3 fully saturated rings. The van der Waals surface area contributed by atoms with Gasteiger partial charge in [0.2, 0.25) is 0 Å². The number of Topliss-reactive ketones (excluding diaryl/α,β-unsaturated/α-hetero) is 1. The first-order valence-corrected chi connectivity index (χ1v) is 5.15. The van der Waals surface area contributed by atoms with Crippen LogP contribution in [0, 0.1) is 40.4 Å². The number of carbonyl (C=O) groups is 1. The van der Waals surface area contributed by atoms with Crippen LogP contribution >= 0.6 is 0 Å². The van der Waals surface area contributed by atoms with E-state index in [0.717, 1.165) is 12.8 Å². The van der Waals surface area contributed by atoms with Gasteiger partial charge >= 0.3 is 0 Å². The molecule has 0 spiro atoms. The average Bonchev–Trinajstić information content (AvgIpc) is 2.74. The Morgan fingerprint density at radius 1 is 1.54 bits per heavy atom. The number of ketones is 1. The van der Waals surface area contributed by atoms with Crippen molar-refractivity contribution in [2.24, 2.45) is 29.1 Å². The maximum Gasteiger partial charge on any atom is 0.140 e. The van der Waals surface area contributed by atoms with Gasteiger partial charge in [0.05, 0.1) is 11.5 Å². The molecule has 0 aromatic carbocycles. The summed E-state index contributed by atoms with van der Waals surface area (Å²) in [5.74, 6) is 1.66. The summed E-state index contributed by atoms with van der Waals surface area (Å²) in [6.07, 6.45) is 3.32. The maximum absolute atomic E-state index is 11.8. The lowest BCUT2D eigenvalue weighted by Crippen LogP contribution is -2.34. The summed E-state index contributed by atoms with van der Waals surface area (Å²) in [6.45, 7) is 1.96. The second-order valence-corrected chi connectivity index (χ2v) is 4.95. The van der Waals surface area contributed by atoms with Crippen molar-refractivity contribution < 1.29 is 4.79 Å². The summed E-state index contributed by atoms with van der Waals surface area (Å²) in [5.41, 5.74) is -0.245. The minimum Gasteiger partial charge on any atom is -0.299 e. The summed E-state index contributed by atoms with van der Waals surface area (Å²) in [4.78, 5) is 11.8. The Kier molecular flexibility index (Phi) is 1.15. The minimum atomic E-state index is -0.245. The van der Waals surface area contributed by atoms with E-state index in [1.807, 2.05) is 6.92 Å². The first kappa shape index (κ1) is 7.55. The molecule has 0 N–H and O–H groups in total. The van der Waals surface area contributed by atoms with Crippen LogP contribution in [-0.2, 0) is 4.79 Å². The predicted octanol–water partition coefficient (Wildman–Crippen LogP) is 1.76. The Morgan fingerprint density at radius 2 is 2.31 bits per heavy atom. The molecule has 0 aliphatic heterocycles. The molecule has 68 valence electrons. The highest BCUT2D eigenvalue weighted by atomic mass is 16.1. The molecule has 3 saturated carbocycles. The molecule has 0 aromatic rings. The third-order valence-electron chi connectivity index (χ3n) is 4.79. The van der Waals surface area contributed by atoms with E-state index in [1.165, 1.54) is 6.42 Å². The molecule has 3 rings (SSSR count). The van der Waals surface area contributed by atoms with Crippen LogP contribution in [-0.4, -0.2) is 5.78 Å². The Morgan fingerprint density at radius 3 is 2.92 bits per heavy atom. The van der Waals surface area contributed by atoms with Crippen molar-refractivity contribution in [3.63, 3.8) is 0 Å². The third kappa shape index (κ3) is 0.581. The molecule has 0 saturated heterocycles. The highest BCUT2D eigenvalue weighted by molar-refractivity contribution is 5.89. The van der Waals surface area contributed by atoms with E-state index in [0.29, 0.717) is 17.6 Å². The number of carbonyl (C=O) groups excluding carboxylic acids is 1. The molecule has 13 heavy (non-hydrogen) atoms. The van der Waals surface area contributed by atoms with Crippen LogP contribution in [0.25, 0.3) is 0 Å². The van der Waals surface area contributed by atoms with E-state index in [-0.39, 0.29) is 17.3 Å². The number of rotatable bonds is 0. The van der Waals surface area contributed by atoms with E-state index < -0.39 is 0 Å². The van der Waals surface area contributed by atoms with E-state index >= 15 is 0 Å². The molecule has 0 radical (unpaired) electrons. The number of hydrogen-bond acceptors (Lipinski definition) is 2. The summed E-state index contributed by atoms with van der Waals surface area (Å²) < 4.78 is 0. The molecule has 0 heterocycles. The van der Waals surface area contributed by atoms with Gasteiger partial charge in [-0.25, -0.2) is 0 Å². The van der Waals surface area contributed by atoms with Gasteiger partial charge < -0.3 is 0 Å². The van der Waals surface area contributed by atoms with Crippen LogP contribution in [0.4, 0.5) is 0 Å². The van der Waals surface area contributed by atoms with Gasteiger partial charge in [-0.2, -0.15) is 5.26 Å². The fraction of sp³-hybridized carbons (Fsp3) is 0.818. The predicted molar refractivity (Wildman–Crippen MR) is 46.5 cm³/mol. The van der Waals surface area contributed by atoms with Gasteiger partial charge in [0, 0.05) is 11.8 Å². The van der Waals surface area contributed by atoms with E-state index in [9.17, 15) is 10.1 Å². The molecule has 2 nitrogen and oxygen atoms in total. The van der Waals surface area contributed by atoms with Crippen LogP contribution in [0.5, 0.6) is 0 Å². The van der Waals surface area contributed by atoms with Crippen molar-refractivity contribution >= 4 is 5.78 Å². The summed E-state index contributed by atoms with van der Waals surface area (Å²) >= 11 is 0. The number of hydrogen-bond donors (Lipinski definition) is 0. The van der Waals surface area contributed by atoms with Crippen molar-refractivity contribution in [3.8, 4) is 6.07 Å². The molecular weight excluding hydrogens is 162 g/mol. The largest absolute Gasteiger partial charge is 0.299 e. The zero-order valence-corrected chi connectivity index (χ0v) is 7.79. The highest BCUT2D eigenvalue weighted by Gasteiger charge is 2.69. The van der Waals surface area contributed by atoms with E-state index in [4.69, 9.17) is 0 Å². The zero-order chi connectivity index (χ0) is 9.22. The van der Waals surface area contributed by atoms with Gasteiger partial charge in [-0.1, -0.05) is 6.92 Å². The molecule has 5 atom stereocenters. The van der Waals surface area contributed by atoms with Crippen LogP contribution in [0.2, 0.25) is 0 Å². The van der Waals surface area contributed by atoms with Gasteiger partial charge in [0.15, 0.2) is 0 Å². The van der Waals surface area contributed by atoms with Crippen molar-refractivity contribution in [1.29, 1.82) is 5.26 Å². The second kappa shape index (κ2) is 1.97. The van der Waals surface area contributed by atoms with Crippen molar-refractivity contribution in [1.82, 2.24) is 0 Å². The normalized spacial score (nSPS) is 57.1. The topological polar surface area (TPSA) is 40.9 Å². The Bertz CT molecular complexity index is 329. The lowest BCUT2D eigenvalue weighted by molar-refractivity contribution is -0.127. The second-order valence-electron chi connectivity index (χ2n) is 4.95. The fourth-order valence-electron chi connectivity index (χ4n) is 4.17. The Hall–Kier alpha value is -0.840. The number of nitrogens with zero attached hydrogens (tertiary/aromatic N) is 1. The molecule has 2 heteroatoms. The molecule has 0 amide bonds. The smallest absolute Gasteiger partial charge is 0.140 e. The van der Waals surface area contributed by atoms with E-state index in [2.05, 4.69) is 6.07 Å². The standard InChI is InChI=1S/C11H13NO/c1-6-10(13)9-7-2-3-8(9)11(6,4-7)5-12/h6-9H,2-4H2,1H3. The number of nitriles is 1. The van der Waals surface area contributed by atoms with Gasteiger partial charge in [0.25, 0.3) is 0 Å². The van der Waals surface area contributed by atoms with Crippen molar-refractivity contribution in [2.75, 3.05) is 0 Å². The molecule has 5 unspecified atom stereocenters. The summed E-state index contributed by atoms with van der Waals surface area (Å²) in [7, 11) is 0. The average molecular weight is 175 g/mol. The summed E-state index contributed by atoms with van der Waals surface area (Å²) in [5, 5.41) is 9.25. The lowest BCUT2D eigenvalue weighted by atomic mass is 9.67. The van der Waals surface area contributed by atoms with Gasteiger partial charge in [-0.05, 0) is 31.1 Å². The van der Waals surface area contributed by atoms with Crippen molar-refractivity contribution in [3.05, 3.63) is 0 Å². The van der Waals surface area contributed by atoms with Crippen LogP contribution in [0.1, 0.15) is 26.2 Å². The van der Waals surface area contributed by atoms with Crippen LogP contribution < -0.4 is 0 Å². The molecule has 3 aliphatic rings. The van der Waals surface area contributed by atoms with Gasteiger partial charge in [0.1, 0.15) is 5.78 Å². The molecular formula is C11H13NO. The van der Waals surface area contributed by atoms with Crippen LogP contribution in [0.3, 0.4) is 0 Å². The molecule has 3 aliphatic carbocycles. The maximum atomic E-state index is 11.8. The Labute approximate surface area is 77.9 Å². The minimum absolute atomic E-state index is 0.0176. The highest BCUT2D eigenvalue weighted by Crippen LogP contribution is 2.68. The first-order chi connectivity index (χ1) is 6.20. The molecule has 0 aromatic heterocycles. The van der Waals surface area contributed by atoms with Gasteiger partial charge in [-0.15, -0.1) is 0 Å². The quantitative estimate of drug-likeness (QED) is 0.563. The van der Waals surface area contributed by atoms with Crippen molar-refractivity contribution in [2.45, 2.75) is 26.2 Å². The monoisotopic (exact) mass is 175 g/mol. The van der Waals surface area contributed by atoms with Crippen LogP contribution in [0.15, 0.2) is 0 Å². The molecule has 4 bridgehead atoms.